The number of nitrogens with one attached hydrogen (secondary N) is 2. The molecule has 0 radical (unpaired) electrons. The fraction of sp³-hybridized carbons (Fsp3) is 0.316. The summed E-state index contributed by atoms with van der Waals surface area (Å²) in [7, 11) is 1.92. The van der Waals surface area contributed by atoms with Crippen LogP contribution in [0.5, 0.6) is 11.5 Å². The number of rotatable bonds is 9. The van der Waals surface area contributed by atoms with Gasteiger partial charge in [-0.3, -0.25) is 4.79 Å². The molecule has 0 saturated heterocycles. The van der Waals surface area contributed by atoms with Gasteiger partial charge in [0.05, 0.1) is 13.2 Å². The van der Waals surface area contributed by atoms with Crippen LogP contribution < -0.4 is 15.4 Å². The van der Waals surface area contributed by atoms with Crippen molar-refractivity contribution in [3.8, 4) is 11.5 Å². The third kappa shape index (κ3) is 6.02. The smallest absolute Gasteiger partial charge is 0.319 e. The van der Waals surface area contributed by atoms with Gasteiger partial charge in [-0.25, -0.2) is 0 Å². The lowest BCUT2D eigenvalue weighted by Gasteiger charge is -2.08. The maximum Gasteiger partial charge on any atom is 0.319 e. The first-order chi connectivity index (χ1) is 11.7. The molecular weight excluding hydrogens is 304 g/mol. The normalized spacial score (nSPS) is 10.4. The van der Waals surface area contributed by atoms with Gasteiger partial charge < -0.3 is 20.1 Å². The number of ether oxygens (including phenoxy) is 2. The zero-order valence-corrected chi connectivity index (χ0v) is 14.2. The monoisotopic (exact) mass is 328 g/mol. The van der Waals surface area contributed by atoms with Crippen molar-refractivity contribution >= 4 is 5.97 Å². The van der Waals surface area contributed by atoms with Gasteiger partial charge in [-0.1, -0.05) is 24.3 Å². The van der Waals surface area contributed by atoms with Gasteiger partial charge in [0.25, 0.3) is 0 Å². The zero-order valence-electron chi connectivity index (χ0n) is 14.2. The van der Waals surface area contributed by atoms with Crippen molar-refractivity contribution in [2.75, 3.05) is 20.2 Å². The Balaban J connectivity index is 1.82. The van der Waals surface area contributed by atoms with E-state index in [4.69, 9.17) is 9.47 Å². The summed E-state index contributed by atoms with van der Waals surface area (Å²) in [4.78, 5) is 11.2. The third-order valence-electron chi connectivity index (χ3n) is 3.37. The number of hydrogen-bond acceptors (Lipinski definition) is 5. The molecule has 2 aromatic carbocycles. The van der Waals surface area contributed by atoms with Crippen LogP contribution in [0.25, 0.3) is 0 Å². The summed E-state index contributed by atoms with van der Waals surface area (Å²) in [5.41, 5.74) is 2.30. The van der Waals surface area contributed by atoms with Crippen LogP contribution in [-0.2, 0) is 22.6 Å². The number of carbonyl (C=O) groups excluding carboxylic acids is 1. The van der Waals surface area contributed by atoms with Gasteiger partial charge >= 0.3 is 5.97 Å². The zero-order chi connectivity index (χ0) is 17.2. The van der Waals surface area contributed by atoms with E-state index in [0.717, 1.165) is 23.6 Å². The molecule has 0 saturated carbocycles. The predicted molar refractivity (Wildman–Crippen MR) is 94.1 cm³/mol. The Hall–Kier alpha value is -2.37. The van der Waals surface area contributed by atoms with E-state index in [1.165, 1.54) is 5.56 Å². The van der Waals surface area contributed by atoms with Crippen LogP contribution in [0.1, 0.15) is 18.1 Å². The van der Waals surface area contributed by atoms with Crippen LogP contribution in [-0.4, -0.2) is 26.2 Å². The van der Waals surface area contributed by atoms with Crippen molar-refractivity contribution in [1.29, 1.82) is 0 Å². The maximum atomic E-state index is 11.2. The minimum atomic E-state index is -0.237. The van der Waals surface area contributed by atoms with E-state index in [1.54, 1.807) is 6.92 Å². The maximum absolute atomic E-state index is 11.2. The Morgan fingerprint density at radius 1 is 0.917 bits per heavy atom. The van der Waals surface area contributed by atoms with Gasteiger partial charge in [-0.2, -0.15) is 0 Å². The van der Waals surface area contributed by atoms with Crippen LogP contribution in [0.2, 0.25) is 0 Å². The summed E-state index contributed by atoms with van der Waals surface area (Å²) in [6, 6.07) is 15.8. The highest BCUT2D eigenvalue weighted by molar-refractivity contribution is 5.71. The summed E-state index contributed by atoms with van der Waals surface area (Å²) in [5.74, 6) is 1.35. The molecule has 0 spiro atoms. The Morgan fingerprint density at radius 3 is 1.96 bits per heavy atom. The molecule has 0 aliphatic heterocycles. The van der Waals surface area contributed by atoms with Crippen molar-refractivity contribution < 1.29 is 14.3 Å². The summed E-state index contributed by atoms with van der Waals surface area (Å²) in [6.45, 7) is 3.87. The van der Waals surface area contributed by atoms with E-state index in [1.807, 2.05) is 55.6 Å². The second-order valence-corrected chi connectivity index (χ2v) is 5.33. The van der Waals surface area contributed by atoms with Crippen molar-refractivity contribution in [1.82, 2.24) is 10.6 Å². The first-order valence-corrected chi connectivity index (χ1v) is 8.08. The summed E-state index contributed by atoms with van der Waals surface area (Å²) >= 11 is 0. The number of hydrogen-bond donors (Lipinski definition) is 2. The molecule has 0 unspecified atom stereocenters. The molecule has 0 amide bonds. The molecule has 2 N–H and O–H groups in total. The molecule has 128 valence electrons. The summed E-state index contributed by atoms with van der Waals surface area (Å²) in [5, 5.41) is 6.17. The standard InChI is InChI=1S/C19H24N2O3/c1-3-23-19(22)14-21-13-16-6-10-18(11-7-16)24-17-8-4-15(5-9-17)12-20-2/h4-11,20-21H,3,12-14H2,1-2H3. The summed E-state index contributed by atoms with van der Waals surface area (Å²) < 4.78 is 10.7. The lowest BCUT2D eigenvalue weighted by Crippen LogP contribution is -2.24. The number of esters is 1. The van der Waals surface area contributed by atoms with E-state index in [-0.39, 0.29) is 12.5 Å². The van der Waals surface area contributed by atoms with Gasteiger partial charge in [0, 0.05) is 13.1 Å². The Morgan fingerprint density at radius 2 is 1.46 bits per heavy atom. The quantitative estimate of drug-likeness (QED) is 0.693. The lowest BCUT2D eigenvalue weighted by atomic mass is 10.2. The van der Waals surface area contributed by atoms with Gasteiger partial charge in [0.2, 0.25) is 0 Å². The summed E-state index contributed by atoms with van der Waals surface area (Å²) in [6.07, 6.45) is 0. The van der Waals surface area contributed by atoms with E-state index < -0.39 is 0 Å². The fourth-order valence-corrected chi connectivity index (χ4v) is 2.21. The predicted octanol–water partition coefficient (Wildman–Crippen LogP) is 2.85. The van der Waals surface area contributed by atoms with Crippen LogP contribution in [0.15, 0.2) is 48.5 Å². The molecule has 0 heterocycles. The SMILES string of the molecule is CCOC(=O)CNCc1ccc(Oc2ccc(CNC)cc2)cc1. The highest BCUT2D eigenvalue weighted by Crippen LogP contribution is 2.22. The van der Waals surface area contributed by atoms with E-state index in [0.29, 0.717) is 13.2 Å². The van der Waals surface area contributed by atoms with Crippen LogP contribution >= 0.6 is 0 Å². The van der Waals surface area contributed by atoms with Gasteiger partial charge in [0.15, 0.2) is 0 Å². The molecule has 0 atom stereocenters. The Bertz CT molecular complexity index is 624. The van der Waals surface area contributed by atoms with Gasteiger partial charge in [0.1, 0.15) is 11.5 Å². The second kappa shape index (κ2) is 9.70. The molecule has 0 aliphatic rings. The van der Waals surface area contributed by atoms with Crippen LogP contribution in [0.4, 0.5) is 0 Å². The van der Waals surface area contributed by atoms with Gasteiger partial charge in [-0.15, -0.1) is 0 Å². The van der Waals surface area contributed by atoms with Crippen LogP contribution in [0.3, 0.4) is 0 Å². The Labute approximate surface area is 143 Å². The Kier molecular flexibility index (Phi) is 7.26. The average molecular weight is 328 g/mol. The highest BCUT2D eigenvalue weighted by atomic mass is 16.5. The molecule has 0 bridgehead atoms. The van der Waals surface area contributed by atoms with E-state index in [9.17, 15) is 4.79 Å². The molecule has 2 rings (SSSR count). The van der Waals surface area contributed by atoms with Crippen molar-refractivity contribution in [2.45, 2.75) is 20.0 Å². The van der Waals surface area contributed by atoms with E-state index >= 15 is 0 Å². The minimum Gasteiger partial charge on any atom is -0.465 e. The van der Waals surface area contributed by atoms with Crippen LogP contribution in [0, 0.1) is 0 Å². The first kappa shape index (κ1) is 18.0. The molecule has 2 aromatic rings. The second-order valence-electron chi connectivity index (χ2n) is 5.33. The third-order valence-corrected chi connectivity index (χ3v) is 3.37. The lowest BCUT2D eigenvalue weighted by molar-refractivity contribution is -0.142. The number of carbonyl (C=O) groups is 1. The average Bonchev–Trinajstić information content (AvgIpc) is 2.59. The largest absolute Gasteiger partial charge is 0.465 e. The molecular formula is C19H24N2O3. The number of benzene rings is 2. The molecule has 0 aromatic heterocycles. The molecule has 5 heteroatoms. The topological polar surface area (TPSA) is 59.6 Å². The van der Waals surface area contributed by atoms with Crippen molar-refractivity contribution in [3.63, 3.8) is 0 Å². The van der Waals surface area contributed by atoms with Gasteiger partial charge in [-0.05, 0) is 49.4 Å². The fourth-order valence-electron chi connectivity index (χ4n) is 2.21. The minimum absolute atomic E-state index is 0.213. The molecule has 0 aliphatic carbocycles. The van der Waals surface area contributed by atoms with Crippen molar-refractivity contribution in [3.05, 3.63) is 59.7 Å². The van der Waals surface area contributed by atoms with Crippen molar-refractivity contribution in [2.24, 2.45) is 0 Å². The first-order valence-electron chi connectivity index (χ1n) is 8.08. The highest BCUT2D eigenvalue weighted by Gasteiger charge is 2.02. The molecule has 0 fully saturated rings. The molecule has 24 heavy (non-hydrogen) atoms. The van der Waals surface area contributed by atoms with E-state index in [2.05, 4.69) is 10.6 Å². The molecule has 5 nitrogen and oxygen atoms in total.